The second-order valence-electron chi connectivity index (χ2n) is 8.59. The Kier molecular flexibility index (Phi) is 7.93. The summed E-state index contributed by atoms with van der Waals surface area (Å²) in [5, 5.41) is 0. The Morgan fingerprint density at radius 3 is 2.22 bits per heavy atom. The fourth-order valence-electron chi connectivity index (χ4n) is 4.35. The highest BCUT2D eigenvalue weighted by molar-refractivity contribution is 9.10. The Labute approximate surface area is 227 Å². The maximum Gasteiger partial charge on any atom is 0.330 e. The lowest BCUT2D eigenvalue weighted by atomic mass is 10.2. The molecule has 3 heterocycles. The van der Waals surface area contributed by atoms with Crippen LogP contribution in [0.1, 0.15) is 13.3 Å². The standard InChI is InChI=1S/C24H25BrN6O4S.ClH/c1-2-11-31-23(32)20-22(28-24(31)33)27-21(26-20)16-3-9-19(10-4-16)36(34,35)30-14-12-29(13-15-30)18-7-5-17(25)6-8-18;/h3-10H,2,11-15H2,1H3,(H,26,27)(H,28,33);1H. The second-order valence-corrected chi connectivity index (χ2v) is 11.4. The molecule has 0 atom stereocenters. The van der Waals surface area contributed by atoms with Crippen LogP contribution in [-0.4, -0.2) is 58.4 Å². The smallest absolute Gasteiger partial charge is 0.330 e. The van der Waals surface area contributed by atoms with Crippen LogP contribution in [0, 0.1) is 0 Å². The van der Waals surface area contributed by atoms with Crippen molar-refractivity contribution in [2.24, 2.45) is 0 Å². The number of benzene rings is 2. The number of imidazole rings is 1. The number of rotatable bonds is 6. The van der Waals surface area contributed by atoms with Gasteiger partial charge in [0.2, 0.25) is 10.0 Å². The Bertz CT molecular complexity index is 1620. The summed E-state index contributed by atoms with van der Waals surface area (Å²) in [5.74, 6) is 0.374. The molecule has 4 aromatic rings. The van der Waals surface area contributed by atoms with Crippen molar-refractivity contribution in [2.45, 2.75) is 24.8 Å². The zero-order chi connectivity index (χ0) is 25.4. The Hall–Kier alpha value is -2.93. The van der Waals surface area contributed by atoms with Gasteiger partial charge in [0, 0.05) is 48.4 Å². The fourth-order valence-corrected chi connectivity index (χ4v) is 6.04. The first kappa shape index (κ1) is 27.1. The largest absolute Gasteiger partial charge is 0.369 e. The van der Waals surface area contributed by atoms with Gasteiger partial charge in [0.05, 0.1) is 4.90 Å². The molecule has 0 spiro atoms. The highest BCUT2D eigenvalue weighted by atomic mass is 79.9. The molecule has 2 aromatic carbocycles. The lowest BCUT2D eigenvalue weighted by Gasteiger charge is -2.35. The summed E-state index contributed by atoms with van der Waals surface area (Å²) in [7, 11) is -3.65. The van der Waals surface area contributed by atoms with E-state index in [2.05, 4.69) is 35.8 Å². The summed E-state index contributed by atoms with van der Waals surface area (Å²) in [6.45, 7) is 4.18. The van der Waals surface area contributed by atoms with Gasteiger partial charge in [0.1, 0.15) is 11.3 Å². The van der Waals surface area contributed by atoms with Crippen molar-refractivity contribution in [2.75, 3.05) is 31.1 Å². The van der Waals surface area contributed by atoms with Crippen molar-refractivity contribution >= 4 is 55.2 Å². The predicted molar refractivity (Wildman–Crippen MR) is 149 cm³/mol. The van der Waals surface area contributed by atoms with E-state index in [9.17, 15) is 18.0 Å². The van der Waals surface area contributed by atoms with E-state index in [-0.39, 0.29) is 28.5 Å². The summed E-state index contributed by atoms with van der Waals surface area (Å²) in [5.41, 5.74) is 1.11. The third kappa shape index (κ3) is 5.24. The number of piperazine rings is 1. The highest BCUT2D eigenvalue weighted by Gasteiger charge is 2.28. The predicted octanol–water partition coefficient (Wildman–Crippen LogP) is 3.19. The van der Waals surface area contributed by atoms with Gasteiger partial charge >= 0.3 is 5.69 Å². The monoisotopic (exact) mass is 608 g/mol. The average Bonchev–Trinajstić information content (AvgIpc) is 3.31. The highest BCUT2D eigenvalue weighted by Crippen LogP contribution is 2.25. The van der Waals surface area contributed by atoms with Crippen LogP contribution < -0.4 is 16.1 Å². The molecular weight excluding hydrogens is 584 g/mol. The van der Waals surface area contributed by atoms with E-state index in [4.69, 9.17) is 0 Å². The molecule has 1 saturated heterocycles. The number of hydrogen-bond acceptors (Lipinski definition) is 6. The van der Waals surface area contributed by atoms with E-state index in [1.54, 1.807) is 12.1 Å². The van der Waals surface area contributed by atoms with Crippen molar-refractivity contribution < 1.29 is 8.42 Å². The Morgan fingerprint density at radius 2 is 1.59 bits per heavy atom. The topological polar surface area (TPSA) is 124 Å². The lowest BCUT2D eigenvalue weighted by molar-refractivity contribution is 0.385. The number of fused-ring (bicyclic) bond motifs is 1. The van der Waals surface area contributed by atoms with Gasteiger partial charge in [-0.15, -0.1) is 12.4 Å². The quantitative estimate of drug-likeness (QED) is 0.346. The number of aromatic amines is 2. The van der Waals surface area contributed by atoms with E-state index >= 15 is 0 Å². The van der Waals surface area contributed by atoms with Crippen LogP contribution in [0.25, 0.3) is 22.6 Å². The van der Waals surface area contributed by atoms with Crippen LogP contribution >= 0.6 is 28.3 Å². The molecule has 1 aliphatic rings. The Balaban J connectivity index is 0.00000320. The van der Waals surface area contributed by atoms with Crippen LogP contribution in [0.15, 0.2) is 67.5 Å². The molecule has 37 heavy (non-hydrogen) atoms. The zero-order valence-corrected chi connectivity index (χ0v) is 23.2. The average molecular weight is 610 g/mol. The molecule has 5 rings (SSSR count). The molecule has 0 amide bonds. The van der Waals surface area contributed by atoms with E-state index < -0.39 is 21.3 Å². The summed E-state index contributed by atoms with van der Waals surface area (Å²) in [6, 6.07) is 14.3. The number of hydrogen-bond donors (Lipinski definition) is 2. The summed E-state index contributed by atoms with van der Waals surface area (Å²) in [6.07, 6.45) is 0.644. The maximum absolute atomic E-state index is 13.2. The van der Waals surface area contributed by atoms with E-state index in [1.165, 1.54) is 16.4 Å². The van der Waals surface area contributed by atoms with E-state index in [1.807, 2.05) is 31.2 Å². The third-order valence-electron chi connectivity index (χ3n) is 6.28. The Morgan fingerprint density at radius 1 is 0.946 bits per heavy atom. The number of aromatic nitrogens is 4. The van der Waals surface area contributed by atoms with Gasteiger partial charge in [0.25, 0.3) is 5.56 Å². The van der Waals surface area contributed by atoms with Crippen molar-refractivity contribution in [1.82, 2.24) is 23.8 Å². The molecule has 0 bridgehead atoms. The van der Waals surface area contributed by atoms with Gasteiger partial charge in [-0.05, 0) is 55.0 Å². The van der Waals surface area contributed by atoms with E-state index in [0.717, 1.165) is 14.7 Å². The maximum atomic E-state index is 13.2. The van der Waals surface area contributed by atoms with Crippen molar-refractivity contribution in [1.29, 1.82) is 0 Å². The minimum atomic E-state index is -3.65. The number of halogens is 2. The summed E-state index contributed by atoms with van der Waals surface area (Å²) in [4.78, 5) is 37.1. The number of nitrogens with zero attached hydrogens (tertiary/aromatic N) is 4. The number of H-pyrrole nitrogens is 2. The van der Waals surface area contributed by atoms with Crippen LogP contribution in [0.3, 0.4) is 0 Å². The minimum Gasteiger partial charge on any atom is -0.369 e. The van der Waals surface area contributed by atoms with E-state index in [0.29, 0.717) is 50.5 Å². The molecule has 2 aromatic heterocycles. The minimum absolute atomic E-state index is 0. The normalized spacial score (nSPS) is 14.6. The molecule has 0 saturated carbocycles. The molecule has 2 N–H and O–H groups in total. The van der Waals surface area contributed by atoms with Crippen molar-refractivity contribution in [3.63, 3.8) is 0 Å². The number of nitrogens with one attached hydrogen (secondary N) is 2. The van der Waals surface area contributed by atoms with Crippen LogP contribution in [0.2, 0.25) is 0 Å². The van der Waals surface area contributed by atoms with Crippen molar-refractivity contribution in [3.05, 3.63) is 73.8 Å². The summed E-state index contributed by atoms with van der Waals surface area (Å²) >= 11 is 3.43. The molecule has 10 nitrogen and oxygen atoms in total. The second kappa shape index (κ2) is 10.8. The van der Waals surface area contributed by atoms with Gasteiger partial charge in [-0.25, -0.2) is 18.2 Å². The van der Waals surface area contributed by atoms with Crippen LogP contribution in [0.5, 0.6) is 0 Å². The first-order chi connectivity index (χ1) is 17.3. The van der Waals surface area contributed by atoms with Gasteiger partial charge < -0.3 is 9.88 Å². The SMILES string of the molecule is CCCn1c(=O)[nH]c2nc(-c3ccc(S(=O)(=O)N4CCN(c5ccc(Br)cc5)CC4)cc3)[nH]c2c1=O.Cl. The first-order valence-electron chi connectivity index (χ1n) is 11.6. The molecular formula is C24H26BrClN6O4S. The summed E-state index contributed by atoms with van der Waals surface area (Å²) < 4.78 is 30.1. The zero-order valence-electron chi connectivity index (χ0n) is 20.0. The van der Waals surface area contributed by atoms with Gasteiger partial charge in [-0.2, -0.15) is 4.31 Å². The van der Waals surface area contributed by atoms with Crippen LogP contribution in [0.4, 0.5) is 5.69 Å². The number of sulfonamides is 1. The van der Waals surface area contributed by atoms with Crippen molar-refractivity contribution in [3.8, 4) is 11.4 Å². The van der Waals surface area contributed by atoms with Gasteiger partial charge in [-0.1, -0.05) is 22.9 Å². The molecule has 1 fully saturated rings. The molecule has 1 aliphatic heterocycles. The molecule has 13 heteroatoms. The third-order valence-corrected chi connectivity index (χ3v) is 8.72. The fraction of sp³-hybridized carbons (Fsp3) is 0.292. The first-order valence-corrected chi connectivity index (χ1v) is 13.8. The van der Waals surface area contributed by atoms with Gasteiger partial charge in [-0.3, -0.25) is 14.3 Å². The molecule has 196 valence electrons. The molecule has 0 radical (unpaired) electrons. The van der Waals surface area contributed by atoms with Gasteiger partial charge in [0.15, 0.2) is 5.65 Å². The molecule has 0 aliphatic carbocycles. The number of anilines is 1. The molecule has 0 unspecified atom stereocenters. The lowest BCUT2D eigenvalue weighted by Crippen LogP contribution is -2.48. The van der Waals surface area contributed by atoms with Crippen LogP contribution in [-0.2, 0) is 16.6 Å².